The van der Waals surface area contributed by atoms with Crippen molar-refractivity contribution in [1.82, 2.24) is 5.32 Å². The molecule has 0 aliphatic carbocycles. The van der Waals surface area contributed by atoms with Gasteiger partial charge in [0.1, 0.15) is 0 Å². The van der Waals surface area contributed by atoms with Crippen molar-refractivity contribution in [3.05, 3.63) is 36.0 Å². The summed E-state index contributed by atoms with van der Waals surface area (Å²) in [6, 6.07) is -0.125. The highest BCUT2D eigenvalue weighted by molar-refractivity contribution is 5.39. The Balaban J connectivity index is -0.000000198. The summed E-state index contributed by atoms with van der Waals surface area (Å²) in [4.78, 5) is 0. The highest BCUT2D eigenvalue weighted by Crippen LogP contribution is 2.28. The van der Waals surface area contributed by atoms with Gasteiger partial charge in [-0.2, -0.15) is 0 Å². The number of nitrogens with one attached hydrogen (secondary N) is 1. The molecule has 22 heavy (non-hydrogen) atoms. The van der Waals surface area contributed by atoms with E-state index in [0.29, 0.717) is 5.57 Å². The lowest BCUT2D eigenvalue weighted by molar-refractivity contribution is 0.0662. The molecule has 0 spiro atoms. The minimum atomic E-state index is -2.86. The van der Waals surface area contributed by atoms with Crippen molar-refractivity contribution in [2.75, 3.05) is 7.05 Å². The molecule has 134 valence electrons. The molecule has 0 aliphatic heterocycles. The van der Waals surface area contributed by atoms with Crippen LogP contribution in [0.5, 0.6) is 0 Å². The topological polar surface area (TPSA) is 12.0 Å². The standard InChI is InChI=1S/C12H19F2N.C3H8.2C2H6/c1-6-8-10(9(3)15-5)11(7-2)12(4,13)14;1-3-2;2*1-2/h6-9,15H,2H2,1,3-5H3;3H2,1-2H3;2*1-2H3/b8-6-,11-10-;;;. The molecule has 1 N–H and O–H groups in total. The molecule has 0 saturated heterocycles. The van der Waals surface area contributed by atoms with E-state index in [2.05, 4.69) is 25.7 Å². The molecular weight excluding hydrogens is 280 g/mol. The van der Waals surface area contributed by atoms with Crippen LogP contribution in [0.15, 0.2) is 36.0 Å². The van der Waals surface area contributed by atoms with Crippen molar-refractivity contribution >= 4 is 0 Å². The van der Waals surface area contributed by atoms with Crippen LogP contribution in [0.3, 0.4) is 0 Å². The Labute approximate surface area is 138 Å². The molecule has 1 unspecified atom stereocenters. The van der Waals surface area contributed by atoms with Gasteiger partial charge in [0.05, 0.1) is 0 Å². The molecule has 0 aromatic heterocycles. The molecule has 0 amide bonds. The first-order chi connectivity index (χ1) is 10.3. The summed E-state index contributed by atoms with van der Waals surface area (Å²) >= 11 is 0. The van der Waals surface area contributed by atoms with E-state index >= 15 is 0 Å². The van der Waals surface area contributed by atoms with E-state index in [1.807, 2.05) is 34.6 Å². The Morgan fingerprint density at radius 1 is 1.18 bits per heavy atom. The normalized spacial score (nSPS) is 12.5. The monoisotopic (exact) mass is 319 g/mol. The summed E-state index contributed by atoms with van der Waals surface area (Å²) in [6.07, 6.45) is 5.91. The SMILES string of the molecule is C=C/C(=C(\C=C/C)C(C)NC)C(C)(F)F.CC.CC.CCC. The summed E-state index contributed by atoms with van der Waals surface area (Å²) < 4.78 is 26.5. The van der Waals surface area contributed by atoms with Crippen LogP contribution >= 0.6 is 0 Å². The molecule has 0 aromatic rings. The number of alkyl halides is 2. The first kappa shape index (κ1) is 29.1. The molecule has 0 radical (unpaired) electrons. The minimum Gasteiger partial charge on any atom is -0.313 e. The van der Waals surface area contributed by atoms with Gasteiger partial charge in [-0.05, 0) is 26.5 Å². The van der Waals surface area contributed by atoms with Crippen LogP contribution in [-0.4, -0.2) is 19.0 Å². The van der Waals surface area contributed by atoms with Crippen LogP contribution in [-0.2, 0) is 0 Å². The first-order valence-corrected chi connectivity index (χ1v) is 8.34. The van der Waals surface area contributed by atoms with E-state index in [4.69, 9.17) is 0 Å². The molecule has 0 fully saturated rings. The van der Waals surface area contributed by atoms with Gasteiger partial charge in [-0.3, -0.25) is 0 Å². The third-order valence-electron chi connectivity index (χ3n) is 2.23. The van der Waals surface area contributed by atoms with Gasteiger partial charge in [0.2, 0.25) is 0 Å². The van der Waals surface area contributed by atoms with Gasteiger partial charge in [-0.25, -0.2) is 8.78 Å². The Morgan fingerprint density at radius 2 is 1.55 bits per heavy atom. The fourth-order valence-electron chi connectivity index (χ4n) is 1.35. The maximum Gasteiger partial charge on any atom is 0.270 e. The van der Waals surface area contributed by atoms with Crippen LogP contribution in [0, 0.1) is 0 Å². The molecule has 0 saturated carbocycles. The van der Waals surface area contributed by atoms with Gasteiger partial charge in [-0.1, -0.05) is 72.8 Å². The summed E-state index contributed by atoms with van der Waals surface area (Å²) in [5.41, 5.74) is 0.546. The van der Waals surface area contributed by atoms with E-state index in [1.165, 1.54) is 12.5 Å². The largest absolute Gasteiger partial charge is 0.313 e. The Bertz CT molecular complexity index is 286. The zero-order valence-electron chi connectivity index (χ0n) is 16.5. The summed E-state index contributed by atoms with van der Waals surface area (Å²) in [5.74, 6) is -2.86. The van der Waals surface area contributed by atoms with Crippen molar-refractivity contribution in [2.24, 2.45) is 0 Å². The third-order valence-corrected chi connectivity index (χ3v) is 2.23. The van der Waals surface area contributed by atoms with Gasteiger partial charge in [0, 0.05) is 18.5 Å². The van der Waals surface area contributed by atoms with Crippen LogP contribution in [0.25, 0.3) is 0 Å². The maximum absolute atomic E-state index is 13.3. The second-order valence-electron chi connectivity index (χ2n) is 4.18. The van der Waals surface area contributed by atoms with Crippen LogP contribution in [0.2, 0.25) is 0 Å². The smallest absolute Gasteiger partial charge is 0.270 e. The molecular formula is C19H39F2N. The molecule has 3 heteroatoms. The first-order valence-electron chi connectivity index (χ1n) is 8.34. The highest BCUT2D eigenvalue weighted by Gasteiger charge is 2.28. The number of rotatable bonds is 5. The van der Waals surface area contributed by atoms with E-state index < -0.39 is 5.92 Å². The molecule has 0 aromatic carbocycles. The fourth-order valence-corrected chi connectivity index (χ4v) is 1.35. The lowest BCUT2D eigenvalue weighted by atomic mass is 9.97. The molecule has 0 rings (SSSR count). The quantitative estimate of drug-likeness (QED) is 0.551. The van der Waals surface area contributed by atoms with E-state index in [0.717, 1.165) is 6.92 Å². The maximum atomic E-state index is 13.3. The zero-order valence-corrected chi connectivity index (χ0v) is 16.5. The van der Waals surface area contributed by atoms with Crippen LogP contribution < -0.4 is 5.32 Å². The van der Waals surface area contributed by atoms with E-state index in [1.54, 1.807) is 26.1 Å². The number of halogens is 2. The fraction of sp³-hybridized carbons (Fsp3) is 0.684. The zero-order chi connectivity index (χ0) is 18.8. The Hall–Kier alpha value is -0.960. The van der Waals surface area contributed by atoms with Gasteiger partial charge < -0.3 is 5.32 Å². The summed E-state index contributed by atoms with van der Waals surface area (Å²) in [7, 11) is 1.74. The highest BCUT2D eigenvalue weighted by atomic mass is 19.3. The minimum absolute atomic E-state index is 0.0255. The average Bonchev–Trinajstić information content (AvgIpc) is 2.50. The predicted octanol–water partition coefficient (Wildman–Crippen LogP) is 6.78. The van der Waals surface area contributed by atoms with Crippen molar-refractivity contribution < 1.29 is 8.78 Å². The summed E-state index contributed by atoms with van der Waals surface area (Å²) in [6.45, 7) is 20.2. The van der Waals surface area contributed by atoms with Gasteiger partial charge >= 0.3 is 0 Å². The third kappa shape index (κ3) is 15.4. The second-order valence-corrected chi connectivity index (χ2v) is 4.18. The van der Waals surface area contributed by atoms with Crippen LogP contribution in [0.1, 0.15) is 68.7 Å². The molecule has 1 atom stereocenters. The number of hydrogen-bond acceptors (Lipinski definition) is 1. The molecule has 1 nitrogen and oxygen atoms in total. The van der Waals surface area contributed by atoms with Gasteiger partial charge in [0.15, 0.2) is 0 Å². The lowest BCUT2D eigenvalue weighted by Gasteiger charge is -2.20. The lowest BCUT2D eigenvalue weighted by Crippen LogP contribution is -2.27. The van der Waals surface area contributed by atoms with Crippen molar-refractivity contribution in [1.29, 1.82) is 0 Å². The number of allylic oxidation sites excluding steroid dienone is 3. The van der Waals surface area contributed by atoms with Crippen molar-refractivity contribution in [3.63, 3.8) is 0 Å². The van der Waals surface area contributed by atoms with E-state index in [-0.39, 0.29) is 11.6 Å². The van der Waals surface area contributed by atoms with Crippen molar-refractivity contribution in [3.8, 4) is 0 Å². The van der Waals surface area contributed by atoms with Gasteiger partial charge in [0.25, 0.3) is 5.92 Å². The molecule has 0 bridgehead atoms. The Kier molecular flexibility index (Phi) is 26.5. The predicted molar refractivity (Wildman–Crippen MR) is 99.8 cm³/mol. The molecule has 0 aliphatic rings. The average molecular weight is 320 g/mol. The number of hydrogen-bond donors (Lipinski definition) is 1. The van der Waals surface area contributed by atoms with Crippen molar-refractivity contribution in [2.45, 2.75) is 80.7 Å². The second kappa shape index (κ2) is 20.0. The molecule has 0 heterocycles. The number of likely N-dealkylation sites (N-methyl/N-ethyl adjacent to an activating group) is 1. The van der Waals surface area contributed by atoms with Crippen LogP contribution in [0.4, 0.5) is 8.78 Å². The van der Waals surface area contributed by atoms with Gasteiger partial charge in [-0.15, -0.1) is 0 Å². The summed E-state index contributed by atoms with van der Waals surface area (Å²) in [5, 5.41) is 2.95. The van der Waals surface area contributed by atoms with E-state index in [9.17, 15) is 8.78 Å². The Morgan fingerprint density at radius 3 is 1.73 bits per heavy atom.